The minimum absolute atomic E-state index is 0.0958. The first-order valence-corrected chi connectivity index (χ1v) is 11.2. The molecule has 1 atom stereocenters. The molecule has 1 aromatic heterocycles. The third-order valence-corrected chi connectivity index (χ3v) is 6.38. The fourth-order valence-electron chi connectivity index (χ4n) is 4.39. The summed E-state index contributed by atoms with van der Waals surface area (Å²) in [4.78, 5) is 19.0. The molecule has 5 heteroatoms. The Morgan fingerprint density at radius 3 is 2.52 bits per heavy atom. The van der Waals surface area contributed by atoms with Crippen LogP contribution < -0.4 is 10.5 Å². The summed E-state index contributed by atoms with van der Waals surface area (Å²) in [5.74, 6) is 0.805. The highest BCUT2D eigenvalue weighted by Gasteiger charge is 2.24. The monoisotopic (exact) mass is 415 g/mol. The SMILES string of the molecule is O=c1ccc2cc(/C=C/C(O)CN3CCN(c4ccc(C5CC5)cc4)CC3)ccc2[nH]1. The van der Waals surface area contributed by atoms with Gasteiger partial charge in [-0.3, -0.25) is 9.69 Å². The number of aromatic nitrogens is 1. The molecular weight excluding hydrogens is 386 g/mol. The van der Waals surface area contributed by atoms with Crippen molar-refractivity contribution in [2.24, 2.45) is 0 Å². The number of anilines is 1. The molecule has 5 nitrogen and oxygen atoms in total. The standard InChI is InChI=1S/C26H29N3O2/c30-24(10-1-19-2-11-25-22(17-19)7-12-26(31)27-25)18-28-13-15-29(16-14-28)23-8-5-21(6-9-23)20-3-4-20/h1-2,5-12,17,20,24,30H,3-4,13-16,18H2,(H,27,31)/b10-1+. The molecule has 160 valence electrons. The molecule has 0 amide bonds. The number of nitrogens with zero attached hydrogens (tertiary/aromatic N) is 2. The highest BCUT2D eigenvalue weighted by Crippen LogP contribution is 2.40. The van der Waals surface area contributed by atoms with Crippen LogP contribution in [0, 0.1) is 0 Å². The summed E-state index contributed by atoms with van der Waals surface area (Å²) in [7, 11) is 0. The number of β-amino-alcohol motifs (C(OH)–C–C–N with tert-alkyl or cyclic N) is 1. The first-order chi connectivity index (χ1) is 15.1. The second kappa shape index (κ2) is 8.69. The quantitative estimate of drug-likeness (QED) is 0.646. The molecule has 2 aromatic carbocycles. The largest absolute Gasteiger partial charge is 0.388 e. The lowest BCUT2D eigenvalue weighted by Gasteiger charge is -2.36. The van der Waals surface area contributed by atoms with Crippen molar-refractivity contribution in [1.29, 1.82) is 0 Å². The van der Waals surface area contributed by atoms with Gasteiger partial charge in [-0.2, -0.15) is 0 Å². The molecule has 2 aliphatic rings. The van der Waals surface area contributed by atoms with E-state index in [1.165, 1.54) is 30.2 Å². The maximum absolute atomic E-state index is 11.4. The number of rotatable bonds is 6. The zero-order chi connectivity index (χ0) is 21.2. The number of aromatic amines is 1. The van der Waals surface area contributed by atoms with Crippen LogP contribution in [0.1, 0.15) is 29.9 Å². The normalized spacial score (nSPS) is 18.7. The summed E-state index contributed by atoms with van der Waals surface area (Å²) >= 11 is 0. The van der Waals surface area contributed by atoms with E-state index >= 15 is 0 Å². The van der Waals surface area contributed by atoms with Crippen molar-refractivity contribution in [2.45, 2.75) is 24.9 Å². The van der Waals surface area contributed by atoms with E-state index in [0.29, 0.717) is 6.54 Å². The Morgan fingerprint density at radius 1 is 1.00 bits per heavy atom. The molecule has 2 heterocycles. The first-order valence-electron chi connectivity index (χ1n) is 11.2. The van der Waals surface area contributed by atoms with Gasteiger partial charge in [0.15, 0.2) is 0 Å². The Kier molecular flexibility index (Phi) is 5.62. The lowest BCUT2D eigenvalue weighted by Crippen LogP contribution is -2.48. The maximum Gasteiger partial charge on any atom is 0.248 e. The van der Waals surface area contributed by atoms with Gasteiger partial charge >= 0.3 is 0 Å². The van der Waals surface area contributed by atoms with Gasteiger partial charge in [-0.25, -0.2) is 0 Å². The van der Waals surface area contributed by atoms with E-state index in [9.17, 15) is 9.90 Å². The van der Waals surface area contributed by atoms with Gasteiger partial charge < -0.3 is 15.0 Å². The summed E-state index contributed by atoms with van der Waals surface area (Å²) in [5.41, 5.74) is 4.53. The summed E-state index contributed by atoms with van der Waals surface area (Å²) in [6, 6.07) is 18.3. The Bertz CT molecular complexity index is 1120. The number of hydrogen-bond donors (Lipinski definition) is 2. The van der Waals surface area contributed by atoms with E-state index in [1.54, 1.807) is 0 Å². The van der Waals surface area contributed by atoms with Crippen molar-refractivity contribution in [3.8, 4) is 0 Å². The van der Waals surface area contributed by atoms with E-state index in [4.69, 9.17) is 0 Å². The average Bonchev–Trinajstić information content (AvgIpc) is 3.64. The van der Waals surface area contributed by atoms with Crippen molar-refractivity contribution < 1.29 is 5.11 Å². The first kappa shape index (κ1) is 20.0. The summed E-state index contributed by atoms with van der Waals surface area (Å²) < 4.78 is 0. The Hall–Kier alpha value is -2.89. The summed E-state index contributed by atoms with van der Waals surface area (Å²) in [6.45, 7) is 4.53. The Labute approximate surface area is 182 Å². The van der Waals surface area contributed by atoms with E-state index in [1.807, 2.05) is 36.4 Å². The topological polar surface area (TPSA) is 59.6 Å². The van der Waals surface area contributed by atoms with Gasteiger partial charge in [0.25, 0.3) is 0 Å². The number of pyridine rings is 1. The predicted molar refractivity (Wildman–Crippen MR) is 127 cm³/mol. The van der Waals surface area contributed by atoms with Crippen LogP contribution in [0.3, 0.4) is 0 Å². The van der Waals surface area contributed by atoms with E-state index in [2.05, 4.69) is 39.0 Å². The van der Waals surface area contributed by atoms with Gasteiger partial charge in [-0.1, -0.05) is 30.4 Å². The number of aliphatic hydroxyl groups excluding tert-OH is 1. The fourth-order valence-corrected chi connectivity index (χ4v) is 4.39. The number of nitrogens with one attached hydrogen (secondary N) is 1. The van der Waals surface area contributed by atoms with Crippen LogP contribution >= 0.6 is 0 Å². The Balaban J connectivity index is 1.13. The number of fused-ring (bicyclic) bond motifs is 1. The van der Waals surface area contributed by atoms with Crippen LogP contribution in [0.2, 0.25) is 0 Å². The molecule has 0 spiro atoms. The van der Waals surface area contributed by atoms with Crippen LogP contribution in [-0.2, 0) is 0 Å². The molecular formula is C26H29N3O2. The van der Waals surface area contributed by atoms with Gasteiger partial charge in [-0.05, 0) is 65.6 Å². The van der Waals surface area contributed by atoms with E-state index < -0.39 is 6.10 Å². The van der Waals surface area contributed by atoms with Crippen molar-refractivity contribution in [3.63, 3.8) is 0 Å². The van der Waals surface area contributed by atoms with Gasteiger partial charge in [0.05, 0.1) is 6.10 Å². The van der Waals surface area contributed by atoms with Crippen LogP contribution in [0.25, 0.3) is 17.0 Å². The lowest BCUT2D eigenvalue weighted by atomic mass is 10.1. The summed E-state index contributed by atoms with van der Waals surface area (Å²) in [5, 5.41) is 11.5. The van der Waals surface area contributed by atoms with Gasteiger partial charge in [0, 0.05) is 50.0 Å². The molecule has 2 fully saturated rings. The minimum atomic E-state index is -0.504. The summed E-state index contributed by atoms with van der Waals surface area (Å²) in [6.07, 6.45) is 5.99. The van der Waals surface area contributed by atoms with Crippen LogP contribution in [0.15, 0.2) is 65.5 Å². The fraction of sp³-hybridized carbons (Fsp3) is 0.346. The maximum atomic E-state index is 11.4. The highest BCUT2D eigenvalue weighted by atomic mass is 16.3. The van der Waals surface area contributed by atoms with Crippen molar-refractivity contribution in [1.82, 2.24) is 9.88 Å². The molecule has 31 heavy (non-hydrogen) atoms. The third kappa shape index (κ3) is 4.89. The van der Waals surface area contributed by atoms with Gasteiger partial charge in [0.1, 0.15) is 0 Å². The molecule has 1 aliphatic heterocycles. The number of benzene rings is 2. The average molecular weight is 416 g/mol. The lowest BCUT2D eigenvalue weighted by molar-refractivity contribution is 0.142. The van der Waals surface area contributed by atoms with Crippen LogP contribution in [0.5, 0.6) is 0 Å². The number of H-pyrrole nitrogens is 1. The molecule has 0 radical (unpaired) electrons. The highest BCUT2D eigenvalue weighted by molar-refractivity contribution is 5.81. The van der Waals surface area contributed by atoms with Crippen molar-refractivity contribution >= 4 is 22.7 Å². The van der Waals surface area contributed by atoms with E-state index in [-0.39, 0.29) is 5.56 Å². The zero-order valence-electron chi connectivity index (χ0n) is 17.7. The van der Waals surface area contributed by atoms with E-state index in [0.717, 1.165) is 48.6 Å². The van der Waals surface area contributed by atoms with Crippen molar-refractivity contribution in [2.75, 3.05) is 37.6 Å². The molecule has 0 bridgehead atoms. The van der Waals surface area contributed by atoms with Gasteiger partial charge in [-0.15, -0.1) is 0 Å². The molecule has 1 aliphatic carbocycles. The van der Waals surface area contributed by atoms with Crippen molar-refractivity contribution in [3.05, 3.63) is 82.2 Å². The molecule has 1 saturated carbocycles. The second-order valence-electron chi connectivity index (χ2n) is 8.75. The molecule has 2 N–H and O–H groups in total. The number of piperazine rings is 1. The molecule has 5 rings (SSSR count). The molecule has 1 unspecified atom stereocenters. The minimum Gasteiger partial charge on any atom is -0.388 e. The number of hydrogen-bond acceptors (Lipinski definition) is 4. The molecule has 1 saturated heterocycles. The smallest absolute Gasteiger partial charge is 0.248 e. The second-order valence-corrected chi connectivity index (χ2v) is 8.75. The zero-order valence-corrected chi connectivity index (χ0v) is 17.7. The van der Waals surface area contributed by atoms with Crippen LogP contribution in [-0.4, -0.2) is 53.8 Å². The van der Waals surface area contributed by atoms with Gasteiger partial charge in [0.2, 0.25) is 5.56 Å². The predicted octanol–water partition coefficient (Wildman–Crippen LogP) is 3.60. The van der Waals surface area contributed by atoms with Crippen LogP contribution in [0.4, 0.5) is 5.69 Å². The number of aliphatic hydroxyl groups is 1. The Morgan fingerprint density at radius 2 is 1.77 bits per heavy atom. The molecule has 3 aromatic rings. The third-order valence-electron chi connectivity index (χ3n) is 6.38.